The Hall–Kier alpha value is -0.620. The van der Waals surface area contributed by atoms with Crippen LogP contribution in [0.5, 0.6) is 0 Å². The predicted octanol–water partition coefficient (Wildman–Crippen LogP) is 6.46. The summed E-state index contributed by atoms with van der Waals surface area (Å²) < 4.78 is 15.9. The van der Waals surface area contributed by atoms with Crippen molar-refractivity contribution in [2.24, 2.45) is 10.8 Å². The predicted molar refractivity (Wildman–Crippen MR) is 126 cm³/mol. The normalized spacial score (nSPS) is 12.3. The minimum absolute atomic E-state index is 0.131. The topological polar surface area (TPSA) is 61.8 Å². The summed E-state index contributed by atoms with van der Waals surface area (Å²) in [6.45, 7) is 8.60. The Morgan fingerprint density at radius 3 is 1.53 bits per heavy atom. The zero-order chi connectivity index (χ0) is 23.0. The van der Waals surface area contributed by atoms with Gasteiger partial charge in [-0.1, -0.05) is 54.5 Å². The lowest BCUT2D eigenvalue weighted by Crippen LogP contribution is -2.25. The molecule has 0 rings (SSSR count). The maximum Gasteiger partial charge on any atom is 0.311 e. The summed E-state index contributed by atoms with van der Waals surface area (Å²) in [7, 11) is 2.91. The van der Waals surface area contributed by atoms with E-state index in [-0.39, 0.29) is 11.9 Å². The number of rotatable bonds is 18. The maximum atomic E-state index is 11.8. The third kappa shape index (κ3) is 12.9. The molecule has 30 heavy (non-hydrogen) atoms. The van der Waals surface area contributed by atoms with Crippen LogP contribution in [0.4, 0.5) is 0 Å². The lowest BCUT2D eigenvalue weighted by molar-refractivity contribution is -0.151. The molecule has 0 aromatic rings. The van der Waals surface area contributed by atoms with E-state index in [9.17, 15) is 9.59 Å². The van der Waals surface area contributed by atoms with Crippen LogP contribution in [0.3, 0.4) is 0 Å². The molecule has 0 unspecified atom stereocenters. The van der Waals surface area contributed by atoms with Gasteiger partial charge in [-0.25, -0.2) is 0 Å². The highest BCUT2D eigenvalue weighted by molar-refractivity contribution is 9.09. The second-order valence-electron chi connectivity index (χ2n) is 9.48. The molecule has 0 N–H and O–H groups in total. The standard InChI is InChI=1S/C24H45BrO5/c1-23(2,21(26)28-5)16-11-7-9-14-20(30-19-13-18-25)15-10-8-12-17-24(3,4)22(27)29-6/h20H,7-19H2,1-6H3. The molecule has 0 saturated heterocycles. The van der Waals surface area contributed by atoms with Crippen LogP contribution in [-0.4, -0.2) is 44.2 Å². The number of halogens is 1. The fraction of sp³-hybridized carbons (Fsp3) is 0.917. The molecule has 0 fully saturated rings. The molecule has 6 heteroatoms. The van der Waals surface area contributed by atoms with Gasteiger partial charge in [0.25, 0.3) is 0 Å². The molecule has 0 aliphatic carbocycles. The van der Waals surface area contributed by atoms with Crippen molar-refractivity contribution in [1.82, 2.24) is 0 Å². The van der Waals surface area contributed by atoms with Gasteiger partial charge in [0.05, 0.1) is 31.2 Å². The molecule has 0 bridgehead atoms. The summed E-state index contributed by atoms with van der Waals surface area (Å²) in [6, 6.07) is 0. The first kappa shape index (κ1) is 29.4. The third-order valence-electron chi connectivity index (χ3n) is 5.76. The van der Waals surface area contributed by atoms with E-state index < -0.39 is 10.8 Å². The molecule has 5 nitrogen and oxygen atoms in total. The molecule has 0 saturated carbocycles. The molecule has 0 atom stereocenters. The van der Waals surface area contributed by atoms with Crippen molar-refractivity contribution in [1.29, 1.82) is 0 Å². The van der Waals surface area contributed by atoms with Crippen molar-refractivity contribution in [3.8, 4) is 0 Å². The molecule has 0 heterocycles. The van der Waals surface area contributed by atoms with Gasteiger partial charge in [0.15, 0.2) is 0 Å². The van der Waals surface area contributed by atoms with E-state index >= 15 is 0 Å². The van der Waals surface area contributed by atoms with E-state index in [1.165, 1.54) is 14.2 Å². The third-order valence-corrected chi connectivity index (χ3v) is 6.32. The van der Waals surface area contributed by atoms with Crippen molar-refractivity contribution >= 4 is 27.9 Å². The Morgan fingerprint density at radius 1 is 0.733 bits per heavy atom. The molecule has 0 aliphatic rings. The molecule has 0 aromatic heterocycles. The zero-order valence-electron chi connectivity index (χ0n) is 20.2. The minimum Gasteiger partial charge on any atom is -0.469 e. The smallest absolute Gasteiger partial charge is 0.311 e. The number of carbonyl (C=O) groups excluding carboxylic acids is 2. The van der Waals surface area contributed by atoms with Gasteiger partial charge in [0.2, 0.25) is 0 Å². The van der Waals surface area contributed by atoms with Crippen LogP contribution in [-0.2, 0) is 23.8 Å². The number of hydrogen-bond acceptors (Lipinski definition) is 5. The van der Waals surface area contributed by atoms with Gasteiger partial charge in [-0.3, -0.25) is 9.59 Å². The van der Waals surface area contributed by atoms with Crippen molar-refractivity contribution in [3.05, 3.63) is 0 Å². The number of unbranched alkanes of at least 4 members (excludes halogenated alkanes) is 4. The van der Waals surface area contributed by atoms with Crippen LogP contribution in [0, 0.1) is 10.8 Å². The SMILES string of the molecule is COC(=O)C(C)(C)CCCCCC(CCCCCC(C)(C)C(=O)OC)OCCCBr. The van der Waals surface area contributed by atoms with Crippen LogP contribution >= 0.6 is 15.9 Å². The van der Waals surface area contributed by atoms with Crippen molar-refractivity contribution in [2.75, 3.05) is 26.2 Å². The van der Waals surface area contributed by atoms with Gasteiger partial charge >= 0.3 is 11.9 Å². The average molecular weight is 494 g/mol. The molecule has 0 spiro atoms. The fourth-order valence-electron chi connectivity index (χ4n) is 3.60. The van der Waals surface area contributed by atoms with E-state index in [1.807, 2.05) is 27.7 Å². The monoisotopic (exact) mass is 492 g/mol. The Labute approximate surface area is 193 Å². The molecule has 0 radical (unpaired) electrons. The van der Waals surface area contributed by atoms with Crippen molar-refractivity contribution < 1.29 is 23.8 Å². The van der Waals surface area contributed by atoms with Crippen LogP contribution in [0.1, 0.15) is 98.3 Å². The molecule has 0 amide bonds. The first-order chi connectivity index (χ1) is 14.1. The zero-order valence-corrected chi connectivity index (χ0v) is 21.8. The fourth-order valence-corrected chi connectivity index (χ4v) is 3.83. The second-order valence-corrected chi connectivity index (χ2v) is 10.3. The van der Waals surface area contributed by atoms with Gasteiger partial charge in [-0.2, -0.15) is 0 Å². The summed E-state index contributed by atoms with van der Waals surface area (Å²) in [5, 5.41) is 0.963. The number of ether oxygens (including phenoxy) is 3. The first-order valence-corrected chi connectivity index (χ1v) is 12.6. The Balaban J connectivity index is 4.19. The lowest BCUT2D eigenvalue weighted by Gasteiger charge is -2.22. The van der Waals surface area contributed by atoms with Crippen LogP contribution < -0.4 is 0 Å². The van der Waals surface area contributed by atoms with Crippen molar-refractivity contribution in [3.63, 3.8) is 0 Å². The summed E-state index contributed by atoms with van der Waals surface area (Å²) >= 11 is 3.46. The number of methoxy groups -OCH3 is 2. The molecular formula is C24H45BrO5. The Morgan fingerprint density at radius 2 is 1.17 bits per heavy atom. The average Bonchev–Trinajstić information content (AvgIpc) is 2.71. The van der Waals surface area contributed by atoms with Gasteiger partial charge in [-0.15, -0.1) is 0 Å². The highest BCUT2D eigenvalue weighted by atomic mass is 79.9. The Bertz CT molecular complexity index is 438. The summed E-state index contributed by atoms with van der Waals surface area (Å²) in [6.07, 6.45) is 11.6. The van der Waals surface area contributed by atoms with Crippen LogP contribution in [0.2, 0.25) is 0 Å². The first-order valence-electron chi connectivity index (χ1n) is 11.4. The van der Waals surface area contributed by atoms with Crippen LogP contribution in [0.15, 0.2) is 0 Å². The number of alkyl halides is 1. The summed E-state index contributed by atoms with van der Waals surface area (Å²) in [5.74, 6) is -0.261. The highest BCUT2D eigenvalue weighted by Crippen LogP contribution is 2.27. The molecule has 0 aromatic carbocycles. The highest BCUT2D eigenvalue weighted by Gasteiger charge is 2.28. The molecule has 178 valence electrons. The van der Waals surface area contributed by atoms with E-state index in [2.05, 4.69) is 15.9 Å². The summed E-state index contributed by atoms with van der Waals surface area (Å²) in [4.78, 5) is 23.5. The van der Waals surface area contributed by atoms with E-state index in [0.29, 0.717) is 6.10 Å². The van der Waals surface area contributed by atoms with E-state index in [0.717, 1.165) is 82.6 Å². The quantitative estimate of drug-likeness (QED) is 0.125. The van der Waals surface area contributed by atoms with E-state index in [4.69, 9.17) is 14.2 Å². The van der Waals surface area contributed by atoms with Gasteiger partial charge in [0.1, 0.15) is 0 Å². The maximum absolute atomic E-state index is 11.8. The van der Waals surface area contributed by atoms with Gasteiger partial charge < -0.3 is 14.2 Å². The second kappa shape index (κ2) is 16.1. The van der Waals surface area contributed by atoms with Crippen molar-refractivity contribution in [2.45, 2.75) is 104 Å². The van der Waals surface area contributed by atoms with E-state index in [1.54, 1.807) is 0 Å². The largest absolute Gasteiger partial charge is 0.469 e. The summed E-state index contributed by atoms with van der Waals surface area (Å²) in [5.41, 5.74) is -0.809. The number of esters is 2. The van der Waals surface area contributed by atoms with Gasteiger partial charge in [0, 0.05) is 11.9 Å². The minimum atomic E-state index is -0.404. The number of hydrogen-bond donors (Lipinski definition) is 0. The van der Waals surface area contributed by atoms with Gasteiger partial charge in [-0.05, 0) is 59.8 Å². The lowest BCUT2D eigenvalue weighted by atomic mass is 9.86. The molecule has 0 aliphatic heterocycles. The molecular weight excluding hydrogens is 448 g/mol. The van der Waals surface area contributed by atoms with Crippen LogP contribution in [0.25, 0.3) is 0 Å². The Kier molecular flexibility index (Phi) is 15.7. The number of carbonyl (C=O) groups is 2.